The molecule has 3 heterocycles. The quantitative estimate of drug-likeness (QED) is 0.511. The summed E-state index contributed by atoms with van der Waals surface area (Å²) in [7, 11) is 1.62. The second-order valence-electron chi connectivity index (χ2n) is 8.69. The summed E-state index contributed by atoms with van der Waals surface area (Å²) in [5.41, 5.74) is 2.42. The largest absolute Gasteiger partial charge is 0.497 e. The number of piperazine rings is 1. The highest BCUT2D eigenvalue weighted by atomic mass is 19.1. The SMILES string of the molecule is COc1ccc(C2=NC(CCC(=O)N3CCN(c4cccnn4)CC3)C(c3ccc(F)cc3)=N2)cc1. The fraction of sp³-hybridized carbons (Fsp3) is 0.296. The van der Waals surface area contributed by atoms with E-state index in [4.69, 9.17) is 14.7 Å². The minimum Gasteiger partial charge on any atom is -0.497 e. The molecule has 184 valence electrons. The van der Waals surface area contributed by atoms with Gasteiger partial charge in [-0.05, 0) is 60.5 Å². The third kappa shape index (κ3) is 5.25. The van der Waals surface area contributed by atoms with Crippen LogP contribution in [0.15, 0.2) is 76.8 Å². The van der Waals surface area contributed by atoms with Crippen molar-refractivity contribution in [2.75, 3.05) is 38.2 Å². The highest BCUT2D eigenvalue weighted by molar-refractivity contribution is 6.18. The smallest absolute Gasteiger partial charge is 0.222 e. The highest BCUT2D eigenvalue weighted by Gasteiger charge is 2.28. The Morgan fingerprint density at radius 2 is 1.72 bits per heavy atom. The summed E-state index contributed by atoms with van der Waals surface area (Å²) in [6.07, 6.45) is 2.53. The van der Waals surface area contributed by atoms with E-state index in [9.17, 15) is 9.18 Å². The van der Waals surface area contributed by atoms with Crippen molar-refractivity contribution in [3.05, 3.63) is 83.8 Å². The van der Waals surface area contributed by atoms with Crippen LogP contribution in [0.1, 0.15) is 24.0 Å². The number of rotatable bonds is 7. The molecule has 2 aromatic carbocycles. The Morgan fingerprint density at radius 1 is 1.00 bits per heavy atom. The van der Waals surface area contributed by atoms with Crippen molar-refractivity contribution in [2.24, 2.45) is 9.98 Å². The number of amidine groups is 1. The van der Waals surface area contributed by atoms with E-state index >= 15 is 0 Å². The molecule has 3 aromatic rings. The van der Waals surface area contributed by atoms with Crippen molar-refractivity contribution >= 4 is 23.3 Å². The topological polar surface area (TPSA) is 83.3 Å². The molecular weight excluding hydrogens is 459 g/mol. The van der Waals surface area contributed by atoms with E-state index in [1.54, 1.807) is 25.4 Å². The van der Waals surface area contributed by atoms with E-state index < -0.39 is 0 Å². The van der Waals surface area contributed by atoms with Crippen molar-refractivity contribution in [3.63, 3.8) is 0 Å². The van der Waals surface area contributed by atoms with Gasteiger partial charge in [-0.3, -0.25) is 9.79 Å². The van der Waals surface area contributed by atoms with E-state index in [0.717, 1.165) is 41.5 Å². The summed E-state index contributed by atoms with van der Waals surface area (Å²) < 4.78 is 18.8. The Labute approximate surface area is 209 Å². The number of anilines is 1. The summed E-state index contributed by atoms with van der Waals surface area (Å²) >= 11 is 0. The van der Waals surface area contributed by atoms with Gasteiger partial charge in [0.1, 0.15) is 11.6 Å². The number of amides is 1. The van der Waals surface area contributed by atoms with Gasteiger partial charge in [0.05, 0.1) is 18.9 Å². The summed E-state index contributed by atoms with van der Waals surface area (Å²) in [6, 6.07) is 17.3. The molecule has 0 bridgehead atoms. The Kier molecular flexibility index (Phi) is 6.97. The Hall–Kier alpha value is -4.14. The Balaban J connectivity index is 1.26. The molecule has 0 saturated carbocycles. The molecule has 0 radical (unpaired) electrons. The molecule has 1 amide bonds. The fourth-order valence-corrected chi connectivity index (χ4v) is 4.45. The van der Waals surface area contributed by atoms with Crippen LogP contribution in [0, 0.1) is 5.82 Å². The lowest BCUT2D eigenvalue weighted by atomic mass is 10.00. The lowest BCUT2D eigenvalue weighted by Crippen LogP contribution is -2.49. The number of carbonyl (C=O) groups is 1. The van der Waals surface area contributed by atoms with Gasteiger partial charge in [-0.15, -0.1) is 5.10 Å². The minimum atomic E-state index is -0.305. The third-order valence-corrected chi connectivity index (χ3v) is 6.45. The molecule has 1 atom stereocenters. The zero-order chi connectivity index (χ0) is 24.9. The van der Waals surface area contributed by atoms with Crippen LogP contribution in [0.2, 0.25) is 0 Å². The van der Waals surface area contributed by atoms with Crippen molar-refractivity contribution in [2.45, 2.75) is 18.9 Å². The Morgan fingerprint density at radius 3 is 2.39 bits per heavy atom. The zero-order valence-electron chi connectivity index (χ0n) is 20.0. The summed E-state index contributed by atoms with van der Waals surface area (Å²) in [6.45, 7) is 2.71. The van der Waals surface area contributed by atoms with E-state index in [-0.39, 0.29) is 17.8 Å². The van der Waals surface area contributed by atoms with Crippen LogP contribution in [-0.4, -0.2) is 71.9 Å². The van der Waals surface area contributed by atoms with Gasteiger partial charge in [0.25, 0.3) is 0 Å². The molecule has 1 aromatic heterocycles. The number of benzene rings is 2. The average Bonchev–Trinajstić information content (AvgIpc) is 3.37. The summed E-state index contributed by atoms with van der Waals surface area (Å²) in [4.78, 5) is 26.7. The lowest BCUT2D eigenvalue weighted by Gasteiger charge is -2.35. The third-order valence-electron chi connectivity index (χ3n) is 6.45. The van der Waals surface area contributed by atoms with E-state index in [1.807, 2.05) is 41.3 Å². The summed E-state index contributed by atoms with van der Waals surface area (Å²) in [5.74, 6) is 1.98. The molecule has 1 saturated heterocycles. The van der Waals surface area contributed by atoms with E-state index in [0.29, 0.717) is 31.8 Å². The molecule has 2 aliphatic rings. The van der Waals surface area contributed by atoms with E-state index in [2.05, 4.69) is 15.1 Å². The lowest BCUT2D eigenvalue weighted by molar-refractivity contribution is -0.131. The van der Waals surface area contributed by atoms with Gasteiger partial charge in [0.2, 0.25) is 5.91 Å². The maximum absolute atomic E-state index is 13.5. The van der Waals surface area contributed by atoms with Crippen LogP contribution < -0.4 is 9.64 Å². The summed E-state index contributed by atoms with van der Waals surface area (Å²) in [5, 5.41) is 8.10. The first-order valence-electron chi connectivity index (χ1n) is 12.0. The highest BCUT2D eigenvalue weighted by Crippen LogP contribution is 2.23. The second-order valence-corrected chi connectivity index (χ2v) is 8.69. The number of methoxy groups -OCH3 is 1. The first-order valence-corrected chi connectivity index (χ1v) is 12.0. The van der Waals surface area contributed by atoms with Crippen LogP contribution in [-0.2, 0) is 4.79 Å². The molecule has 1 unspecified atom stereocenters. The predicted molar refractivity (Wildman–Crippen MR) is 136 cm³/mol. The minimum absolute atomic E-state index is 0.0975. The predicted octanol–water partition coefficient (Wildman–Crippen LogP) is 3.37. The van der Waals surface area contributed by atoms with Crippen LogP contribution in [0.4, 0.5) is 10.2 Å². The van der Waals surface area contributed by atoms with Crippen LogP contribution in [0.5, 0.6) is 5.75 Å². The average molecular weight is 487 g/mol. The molecule has 1 fully saturated rings. The van der Waals surface area contributed by atoms with Crippen molar-refractivity contribution < 1.29 is 13.9 Å². The monoisotopic (exact) mass is 486 g/mol. The maximum atomic E-state index is 13.5. The van der Waals surface area contributed by atoms with Crippen molar-refractivity contribution in [3.8, 4) is 5.75 Å². The van der Waals surface area contributed by atoms with Crippen LogP contribution >= 0.6 is 0 Å². The number of aliphatic imine (C=N–C) groups is 2. The van der Waals surface area contributed by atoms with Gasteiger partial charge < -0.3 is 14.5 Å². The van der Waals surface area contributed by atoms with Gasteiger partial charge in [0.15, 0.2) is 11.7 Å². The van der Waals surface area contributed by atoms with Gasteiger partial charge in [0, 0.05) is 44.4 Å². The number of carbonyl (C=O) groups excluding carboxylic acids is 1. The molecule has 2 aliphatic heterocycles. The van der Waals surface area contributed by atoms with Crippen LogP contribution in [0.3, 0.4) is 0 Å². The van der Waals surface area contributed by atoms with E-state index in [1.165, 1.54) is 12.1 Å². The molecule has 5 rings (SSSR count). The number of aromatic nitrogens is 2. The Bertz CT molecular complexity index is 1250. The number of hydrogen-bond donors (Lipinski definition) is 0. The number of hydrogen-bond acceptors (Lipinski definition) is 7. The van der Waals surface area contributed by atoms with Crippen molar-refractivity contribution in [1.29, 1.82) is 0 Å². The van der Waals surface area contributed by atoms with Gasteiger partial charge in [-0.1, -0.05) is 12.1 Å². The molecule has 0 N–H and O–H groups in total. The normalized spacial score (nSPS) is 17.6. The van der Waals surface area contributed by atoms with Crippen LogP contribution in [0.25, 0.3) is 0 Å². The van der Waals surface area contributed by atoms with Gasteiger partial charge in [-0.2, -0.15) is 5.10 Å². The first kappa shape index (κ1) is 23.6. The molecular formula is C27H27FN6O2. The number of halogens is 1. The standard InChI is InChI=1S/C27H27FN6O2/c1-36-22-10-6-20(7-11-22)27-30-23(26(31-27)19-4-8-21(28)9-5-19)12-13-25(35)34-17-15-33(16-18-34)24-3-2-14-29-32-24/h2-11,14,23H,12-13,15-18H2,1H3. The second kappa shape index (κ2) is 10.6. The number of ether oxygens (including phenoxy) is 1. The van der Waals surface area contributed by atoms with Gasteiger partial charge >= 0.3 is 0 Å². The van der Waals surface area contributed by atoms with Crippen molar-refractivity contribution in [1.82, 2.24) is 15.1 Å². The first-order chi connectivity index (χ1) is 17.6. The molecule has 36 heavy (non-hydrogen) atoms. The fourth-order valence-electron chi connectivity index (χ4n) is 4.45. The molecule has 0 spiro atoms. The molecule has 0 aliphatic carbocycles. The maximum Gasteiger partial charge on any atom is 0.222 e. The number of nitrogens with zero attached hydrogens (tertiary/aromatic N) is 6. The zero-order valence-corrected chi connectivity index (χ0v) is 20.0. The molecule has 9 heteroatoms. The molecule has 8 nitrogen and oxygen atoms in total. The van der Waals surface area contributed by atoms with Gasteiger partial charge in [-0.25, -0.2) is 9.38 Å².